The van der Waals surface area contributed by atoms with Crippen molar-refractivity contribution in [3.63, 3.8) is 0 Å². The third kappa shape index (κ3) is 1.44. The Balaban J connectivity index is 1.83. The van der Waals surface area contributed by atoms with Crippen molar-refractivity contribution in [1.29, 1.82) is 0 Å². The van der Waals surface area contributed by atoms with Crippen LogP contribution in [0.15, 0.2) is 0 Å². The van der Waals surface area contributed by atoms with E-state index in [0.717, 1.165) is 42.8 Å². The highest BCUT2D eigenvalue weighted by Crippen LogP contribution is 2.52. The van der Waals surface area contributed by atoms with Crippen molar-refractivity contribution >= 4 is 5.78 Å². The monoisotopic (exact) mass is 248 g/mol. The number of hydrogen-bond donors (Lipinski definition) is 0. The number of hydrogen-bond acceptors (Lipinski definition) is 3. The average molecular weight is 248 g/mol. The van der Waals surface area contributed by atoms with Crippen LogP contribution in [0.3, 0.4) is 0 Å². The number of carbonyl (C=O) groups excluding carboxylic acids is 1. The van der Waals surface area contributed by atoms with Crippen LogP contribution in [0.1, 0.15) is 43.5 Å². The summed E-state index contributed by atoms with van der Waals surface area (Å²) < 4.78 is 7.98. The van der Waals surface area contributed by atoms with Gasteiger partial charge < -0.3 is 4.74 Å². The van der Waals surface area contributed by atoms with Crippen LogP contribution >= 0.6 is 0 Å². The van der Waals surface area contributed by atoms with Gasteiger partial charge in [0.2, 0.25) is 0 Å². The Hall–Kier alpha value is -1.32. The number of nitrogens with zero attached hydrogens (tertiary/aromatic N) is 2. The summed E-state index contributed by atoms with van der Waals surface area (Å²) in [6.07, 6.45) is 5.00. The molecule has 2 aliphatic carbocycles. The van der Waals surface area contributed by atoms with Crippen molar-refractivity contribution in [3.05, 3.63) is 11.4 Å². The van der Waals surface area contributed by atoms with E-state index in [9.17, 15) is 4.79 Å². The van der Waals surface area contributed by atoms with Crippen LogP contribution < -0.4 is 4.74 Å². The molecule has 0 aromatic carbocycles. The summed E-state index contributed by atoms with van der Waals surface area (Å²) >= 11 is 0. The Kier molecular flexibility index (Phi) is 2.50. The number of ketones is 1. The highest BCUT2D eigenvalue weighted by molar-refractivity contribution is 5.92. The zero-order valence-electron chi connectivity index (χ0n) is 11.3. The highest BCUT2D eigenvalue weighted by atomic mass is 16.5. The van der Waals surface area contributed by atoms with Gasteiger partial charge in [0, 0.05) is 13.5 Å². The van der Waals surface area contributed by atoms with Crippen LogP contribution in [0.25, 0.3) is 0 Å². The summed E-state index contributed by atoms with van der Waals surface area (Å²) in [5.41, 5.74) is 1.80. The molecule has 4 heteroatoms. The minimum Gasteiger partial charge on any atom is -0.485 e. The van der Waals surface area contributed by atoms with E-state index >= 15 is 0 Å². The maximum absolute atomic E-state index is 11.9. The van der Waals surface area contributed by atoms with Gasteiger partial charge in [0.25, 0.3) is 0 Å². The Labute approximate surface area is 107 Å². The van der Waals surface area contributed by atoms with Crippen LogP contribution in [0.2, 0.25) is 0 Å². The molecule has 0 amide bonds. The number of Topliss-reactive ketones (excluding diaryl/α,β-unsaturated/α-hetero) is 1. The average Bonchev–Trinajstić information content (AvgIpc) is 2.92. The summed E-state index contributed by atoms with van der Waals surface area (Å²) in [4.78, 5) is 11.9. The van der Waals surface area contributed by atoms with Crippen molar-refractivity contribution in [1.82, 2.24) is 9.78 Å². The third-order valence-electron chi connectivity index (χ3n) is 4.74. The molecule has 1 spiro atoms. The van der Waals surface area contributed by atoms with Gasteiger partial charge in [-0.3, -0.25) is 9.48 Å². The van der Waals surface area contributed by atoms with E-state index in [4.69, 9.17) is 4.74 Å². The molecule has 2 fully saturated rings. The first-order valence-electron chi connectivity index (χ1n) is 6.75. The molecule has 0 aliphatic heterocycles. The smallest absolute Gasteiger partial charge is 0.163 e. The van der Waals surface area contributed by atoms with Crippen molar-refractivity contribution in [2.24, 2.45) is 12.5 Å². The van der Waals surface area contributed by atoms with Gasteiger partial charge in [-0.05, 0) is 26.7 Å². The van der Waals surface area contributed by atoms with Gasteiger partial charge in [0.1, 0.15) is 17.6 Å². The van der Waals surface area contributed by atoms with Gasteiger partial charge in [-0.1, -0.05) is 12.8 Å². The maximum Gasteiger partial charge on any atom is 0.163 e. The predicted molar refractivity (Wildman–Crippen MR) is 67.6 cm³/mol. The molecule has 0 saturated heterocycles. The molecular weight excluding hydrogens is 228 g/mol. The van der Waals surface area contributed by atoms with E-state index in [-0.39, 0.29) is 11.5 Å². The fourth-order valence-electron chi connectivity index (χ4n) is 3.44. The number of carbonyl (C=O) groups is 1. The molecule has 0 N–H and O–H groups in total. The van der Waals surface area contributed by atoms with Crippen LogP contribution in [0.5, 0.6) is 5.75 Å². The predicted octanol–water partition coefficient (Wildman–Crippen LogP) is 2.32. The Morgan fingerprint density at radius 3 is 2.50 bits per heavy atom. The summed E-state index contributed by atoms with van der Waals surface area (Å²) in [6, 6.07) is 0. The van der Waals surface area contributed by atoms with Crippen LogP contribution in [0, 0.1) is 19.3 Å². The molecule has 18 heavy (non-hydrogen) atoms. The lowest BCUT2D eigenvalue weighted by molar-refractivity contribution is -0.151. The maximum atomic E-state index is 11.9. The van der Waals surface area contributed by atoms with Gasteiger partial charge >= 0.3 is 0 Å². The molecule has 1 heterocycles. The van der Waals surface area contributed by atoms with Crippen molar-refractivity contribution in [2.75, 3.05) is 0 Å². The first kappa shape index (κ1) is 11.8. The van der Waals surface area contributed by atoms with Crippen LogP contribution in [-0.2, 0) is 11.8 Å². The van der Waals surface area contributed by atoms with Gasteiger partial charge in [-0.25, -0.2) is 0 Å². The fraction of sp³-hybridized carbons (Fsp3) is 0.714. The largest absolute Gasteiger partial charge is 0.485 e. The topological polar surface area (TPSA) is 44.1 Å². The summed E-state index contributed by atoms with van der Waals surface area (Å²) in [5.74, 6) is 1.28. The molecule has 98 valence electrons. The van der Waals surface area contributed by atoms with Crippen LogP contribution in [-0.4, -0.2) is 21.7 Å². The van der Waals surface area contributed by atoms with E-state index in [1.54, 1.807) is 0 Å². The van der Waals surface area contributed by atoms with E-state index in [1.807, 2.05) is 25.6 Å². The van der Waals surface area contributed by atoms with Gasteiger partial charge in [-0.15, -0.1) is 0 Å². The first-order valence-corrected chi connectivity index (χ1v) is 6.75. The first-order chi connectivity index (χ1) is 8.54. The zero-order chi connectivity index (χ0) is 12.9. The van der Waals surface area contributed by atoms with E-state index < -0.39 is 0 Å². The zero-order valence-corrected chi connectivity index (χ0v) is 11.3. The van der Waals surface area contributed by atoms with E-state index in [2.05, 4.69) is 5.10 Å². The number of aromatic nitrogens is 2. The minimum atomic E-state index is -0.158. The minimum absolute atomic E-state index is 0.0779. The quantitative estimate of drug-likeness (QED) is 0.806. The van der Waals surface area contributed by atoms with Crippen molar-refractivity contribution in [2.45, 2.75) is 52.1 Å². The Bertz CT molecular complexity index is 498. The lowest BCUT2D eigenvalue weighted by atomic mass is 9.63. The Morgan fingerprint density at radius 1 is 1.33 bits per heavy atom. The number of aryl methyl sites for hydroxylation is 2. The SMILES string of the molecule is Cc1nn(C)c(C)c1OC1CC(=O)C12CCCC2. The molecule has 3 rings (SSSR count). The molecule has 1 aromatic heterocycles. The molecular formula is C14H20N2O2. The summed E-state index contributed by atoms with van der Waals surface area (Å²) in [5, 5.41) is 4.36. The molecule has 2 saturated carbocycles. The van der Waals surface area contributed by atoms with Gasteiger partial charge in [0.05, 0.1) is 11.1 Å². The molecule has 2 aliphatic rings. The molecule has 4 nitrogen and oxygen atoms in total. The molecule has 0 bridgehead atoms. The van der Waals surface area contributed by atoms with Crippen molar-refractivity contribution < 1.29 is 9.53 Å². The second-order valence-electron chi connectivity index (χ2n) is 5.72. The van der Waals surface area contributed by atoms with Gasteiger partial charge in [0.15, 0.2) is 5.75 Å². The third-order valence-corrected chi connectivity index (χ3v) is 4.74. The lowest BCUT2D eigenvalue weighted by Crippen LogP contribution is -2.55. The van der Waals surface area contributed by atoms with Gasteiger partial charge in [-0.2, -0.15) is 5.10 Å². The second kappa shape index (κ2) is 3.84. The summed E-state index contributed by atoms with van der Waals surface area (Å²) in [7, 11) is 1.92. The highest BCUT2D eigenvalue weighted by Gasteiger charge is 2.57. The number of ether oxygens (including phenoxy) is 1. The standard InChI is InChI=1S/C14H20N2O2/c1-9-13(10(2)16(3)15-9)18-12-8-11(17)14(12)6-4-5-7-14/h12H,4-8H2,1-3H3. The molecule has 1 unspecified atom stereocenters. The Morgan fingerprint density at radius 2 is 2.00 bits per heavy atom. The summed E-state index contributed by atoms with van der Waals surface area (Å²) in [6.45, 7) is 3.97. The fourth-order valence-corrected chi connectivity index (χ4v) is 3.44. The second-order valence-corrected chi connectivity index (χ2v) is 5.72. The molecule has 1 atom stereocenters. The lowest BCUT2D eigenvalue weighted by Gasteiger charge is -2.44. The molecule has 0 radical (unpaired) electrons. The normalized spacial score (nSPS) is 25.5. The molecule has 1 aromatic rings. The van der Waals surface area contributed by atoms with Crippen LogP contribution in [0.4, 0.5) is 0 Å². The van der Waals surface area contributed by atoms with Crippen molar-refractivity contribution in [3.8, 4) is 5.75 Å². The van der Waals surface area contributed by atoms with E-state index in [1.165, 1.54) is 0 Å². The number of rotatable bonds is 2. The van der Waals surface area contributed by atoms with E-state index in [0.29, 0.717) is 12.2 Å².